The largest absolute Gasteiger partial charge is 0.490 e. The molecule has 2 rings (SSSR count). The maximum atomic E-state index is 11.4. The first-order chi connectivity index (χ1) is 13.5. The predicted molar refractivity (Wildman–Crippen MR) is 114 cm³/mol. The van der Waals surface area contributed by atoms with Crippen LogP contribution in [0.25, 0.3) is 0 Å². The Morgan fingerprint density at radius 2 is 1.96 bits per heavy atom. The third-order valence-corrected chi connectivity index (χ3v) is 4.89. The van der Waals surface area contributed by atoms with E-state index in [2.05, 4.69) is 24.4 Å². The molecule has 2 aromatic rings. The lowest BCUT2D eigenvalue weighted by Crippen LogP contribution is -2.36. The fourth-order valence-electron chi connectivity index (χ4n) is 2.80. The van der Waals surface area contributed by atoms with E-state index in [1.165, 1.54) is 5.56 Å². The van der Waals surface area contributed by atoms with Gasteiger partial charge in [0.25, 0.3) is 0 Å². The topological polar surface area (TPSA) is 67.8 Å². The van der Waals surface area contributed by atoms with Crippen LogP contribution in [0.3, 0.4) is 0 Å². The van der Waals surface area contributed by atoms with E-state index in [1.54, 1.807) is 11.8 Å². The van der Waals surface area contributed by atoms with Gasteiger partial charge in [0.15, 0.2) is 11.5 Å². The van der Waals surface area contributed by atoms with Crippen molar-refractivity contribution >= 4 is 17.7 Å². The van der Waals surface area contributed by atoms with Gasteiger partial charge in [0.2, 0.25) is 0 Å². The first-order valence-electron chi connectivity index (χ1n) is 9.42. The zero-order valence-electron chi connectivity index (χ0n) is 16.7. The van der Waals surface area contributed by atoms with Gasteiger partial charge in [0.1, 0.15) is 12.6 Å². The van der Waals surface area contributed by atoms with Crippen LogP contribution in [0.5, 0.6) is 11.5 Å². The third kappa shape index (κ3) is 7.09. The van der Waals surface area contributed by atoms with E-state index >= 15 is 0 Å². The molecule has 0 bridgehead atoms. The van der Waals surface area contributed by atoms with Crippen LogP contribution in [0.15, 0.2) is 42.5 Å². The second-order valence-corrected chi connectivity index (χ2v) is 7.53. The molecule has 152 valence electrons. The van der Waals surface area contributed by atoms with Gasteiger partial charge in [-0.3, -0.25) is 4.79 Å². The molecular weight excluding hydrogens is 374 g/mol. The summed E-state index contributed by atoms with van der Waals surface area (Å²) < 4.78 is 11.7. The zero-order chi connectivity index (χ0) is 20.4. The Labute approximate surface area is 171 Å². The van der Waals surface area contributed by atoms with E-state index < -0.39 is 12.0 Å². The van der Waals surface area contributed by atoms with Crippen molar-refractivity contribution < 1.29 is 19.4 Å². The summed E-state index contributed by atoms with van der Waals surface area (Å²) in [6.07, 6.45) is 2.56. The summed E-state index contributed by atoms with van der Waals surface area (Å²) >= 11 is 1.64. The molecule has 0 amide bonds. The first-order valence-corrected chi connectivity index (χ1v) is 10.8. The monoisotopic (exact) mass is 403 g/mol. The number of rotatable bonds is 12. The molecule has 0 aliphatic heterocycles. The SMILES string of the molecule is CCOc1cc(CNC(CCSC)C(=O)O)ccc1OCc1cccc(C)c1. The van der Waals surface area contributed by atoms with E-state index in [-0.39, 0.29) is 0 Å². The highest BCUT2D eigenvalue weighted by molar-refractivity contribution is 7.98. The average Bonchev–Trinajstić information content (AvgIpc) is 2.67. The minimum Gasteiger partial charge on any atom is -0.490 e. The number of hydrogen-bond donors (Lipinski definition) is 2. The van der Waals surface area contributed by atoms with Crippen LogP contribution in [-0.2, 0) is 17.9 Å². The van der Waals surface area contributed by atoms with E-state index in [9.17, 15) is 9.90 Å². The Morgan fingerprint density at radius 1 is 1.14 bits per heavy atom. The Balaban J connectivity index is 2.03. The number of carboxylic acids is 1. The van der Waals surface area contributed by atoms with Gasteiger partial charge < -0.3 is 19.9 Å². The van der Waals surface area contributed by atoms with Crippen LogP contribution in [-0.4, -0.2) is 35.7 Å². The van der Waals surface area contributed by atoms with Crippen molar-refractivity contribution in [2.24, 2.45) is 0 Å². The molecular formula is C22H29NO4S. The lowest BCUT2D eigenvalue weighted by Gasteiger charge is -2.16. The summed E-state index contributed by atoms with van der Waals surface area (Å²) in [5.74, 6) is 1.34. The summed E-state index contributed by atoms with van der Waals surface area (Å²) in [7, 11) is 0. The van der Waals surface area contributed by atoms with Crippen LogP contribution >= 0.6 is 11.8 Å². The maximum absolute atomic E-state index is 11.4. The average molecular weight is 404 g/mol. The molecule has 0 heterocycles. The number of aryl methyl sites for hydroxylation is 1. The highest BCUT2D eigenvalue weighted by Gasteiger charge is 2.16. The number of carbonyl (C=O) groups is 1. The number of carboxylic acid groups (broad SMARTS) is 1. The molecule has 6 heteroatoms. The summed E-state index contributed by atoms with van der Waals surface area (Å²) in [5, 5.41) is 12.5. The van der Waals surface area contributed by atoms with Crippen molar-refractivity contribution in [1.29, 1.82) is 0 Å². The fraction of sp³-hybridized carbons (Fsp3) is 0.409. The van der Waals surface area contributed by atoms with Gasteiger partial charge in [-0.2, -0.15) is 11.8 Å². The van der Waals surface area contributed by atoms with Crippen molar-refractivity contribution in [3.05, 3.63) is 59.2 Å². The molecule has 0 spiro atoms. The van der Waals surface area contributed by atoms with Crippen molar-refractivity contribution in [3.63, 3.8) is 0 Å². The normalized spacial score (nSPS) is 11.8. The van der Waals surface area contributed by atoms with Gasteiger partial charge >= 0.3 is 5.97 Å². The number of benzene rings is 2. The number of hydrogen-bond acceptors (Lipinski definition) is 5. The van der Waals surface area contributed by atoms with Crippen LogP contribution in [0.2, 0.25) is 0 Å². The first kappa shape index (κ1) is 22.1. The maximum Gasteiger partial charge on any atom is 0.320 e. The van der Waals surface area contributed by atoms with Crippen molar-refractivity contribution in [2.45, 2.75) is 39.5 Å². The van der Waals surface area contributed by atoms with Crippen LogP contribution in [0.1, 0.15) is 30.0 Å². The Kier molecular flexibility index (Phi) is 9.17. The van der Waals surface area contributed by atoms with E-state index in [1.807, 2.05) is 43.5 Å². The molecule has 2 N–H and O–H groups in total. The van der Waals surface area contributed by atoms with Gasteiger partial charge in [-0.25, -0.2) is 0 Å². The highest BCUT2D eigenvalue weighted by Crippen LogP contribution is 2.29. The molecule has 0 fully saturated rings. The molecule has 2 aromatic carbocycles. The van der Waals surface area contributed by atoms with Gasteiger partial charge in [-0.05, 0) is 55.5 Å². The molecule has 28 heavy (non-hydrogen) atoms. The smallest absolute Gasteiger partial charge is 0.320 e. The second-order valence-electron chi connectivity index (χ2n) is 6.55. The Bertz CT molecular complexity index is 766. The summed E-state index contributed by atoms with van der Waals surface area (Å²) in [4.78, 5) is 11.4. The highest BCUT2D eigenvalue weighted by atomic mass is 32.2. The van der Waals surface area contributed by atoms with Gasteiger partial charge in [0, 0.05) is 6.54 Å². The number of ether oxygens (including phenoxy) is 2. The third-order valence-electron chi connectivity index (χ3n) is 4.25. The van der Waals surface area contributed by atoms with Crippen LogP contribution in [0.4, 0.5) is 0 Å². The predicted octanol–water partition coefficient (Wildman–Crippen LogP) is 4.27. The fourth-order valence-corrected chi connectivity index (χ4v) is 3.27. The molecule has 0 saturated heterocycles. The lowest BCUT2D eigenvalue weighted by atomic mass is 10.1. The minimum absolute atomic E-state index is 0.462. The molecule has 1 atom stereocenters. The number of aliphatic carboxylic acids is 1. The molecule has 0 aromatic heterocycles. The van der Waals surface area contributed by atoms with Gasteiger partial charge in [-0.1, -0.05) is 35.9 Å². The number of nitrogens with one attached hydrogen (secondary N) is 1. The zero-order valence-corrected chi connectivity index (χ0v) is 17.6. The Hall–Kier alpha value is -2.18. The van der Waals surface area contributed by atoms with Gasteiger partial charge in [-0.15, -0.1) is 0 Å². The van der Waals surface area contributed by atoms with Crippen molar-refractivity contribution in [1.82, 2.24) is 5.32 Å². The molecule has 5 nitrogen and oxygen atoms in total. The summed E-state index contributed by atoms with van der Waals surface area (Å²) in [6, 6.07) is 13.4. The quantitative estimate of drug-likeness (QED) is 0.552. The lowest BCUT2D eigenvalue weighted by molar-refractivity contribution is -0.139. The van der Waals surface area contributed by atoms with Crippen molar-refractivity contribution in [3.8, 4) is 11.5 Å². The van der Waals surface area contributed by atoms with E-state index in [0.717, 1.165) is 16.9 Å². The minimum atomic E-state index is -0.822. The van der Waals surface area contributed by atoms with Crippen molar-refractivity contribution in [2.75, 3.05) is 18.6 Å². The summed E-state index contributed by atoms with van der Waals surface area (Å²) in [5.41, 5.74) is 3.26. The molecule has 1 unspecified atom stereocenters. The second kappa shape index (κ2) is 11.6. The molecule has 0 aliphatic rings. The standard InChI is InChI=1S/C22H29NO4S/c1-4-26-21-13-17(14-23-19(22(24)25)10-11-28-3)8-9-20(21)27-15-18-7-5-6-16(2)12-18/h5-9,12-13,19,23H,4,10-11,14-15H2,1-3H3,(H,24,25). The van der Waals surface area contributed by atoms with Crippen LogP contribution in [0, 0.1) is 6.92 Å². The molecule has 0 radical (unpaired) electrons. The van der Waals surface area contributed by atoms with Crippen LogP contribution < -0.4 is 14.8 Å². The molecule has 0 saturated carbocycles. The van der Waals surface area contributed by atoms with Gasteiger partial charge in [0.05, 0.1) is 6.61 Å². The van der Waals surface area contributed by atoms with E-state index in [4.69, 9.17) is 9.47 Å². The summed E-state index contributed by atoms with van der Waals surface area (Å²) in [6.45, 7) is 5.44. The Morgan fingerprint density at radius 3 is 2.64 bits per heavy atom. The van der Waals surface area contributed by atoms with E-state index in [0.29, 0.717) is 37.7 Å². The number of thioether (sulfide) groups is 1. The molecule has 0 aliphatic carbocycles.